The van der Waals surface area contributed by atoms with Crippen molar-refractivity contribution in [1.29, 1.82) is 0 Å². The number of aromatic nitrogens is 2. The molecule has 0 aromatic carbocycles. The monoisotopic (exact) mass is 224 g/mol. The van der Waals surface area contributed by atoms with Gasteiger partial charge in [0.25, 0.3) is 0 Å². The molecule has 0 spiro atoms. The molecule has 0 fully saturated rings. The van der Waals surface area contributed by atoms with Crippen LogP contribution >= 0.6 is 0 Å². The number of amides is 1. The predicted octanol–water partition coefficient (Wildman–Crippen LogP) is 0.469. The lowest BCUT2D eigenvalue weighted by molar-refractivity contribution is -0.130. The van der Waals surface area contributed by atoms with Crippen LogP contribution in [0.2, 0.25) is 0 Å². The Morgan fingerprint density at radius 3 is 2.88 bits per heavy atom. The lowest BCUT2D eigenvalue weighted by Gasteiger charge is -2.18. The van der Waals surface area contributed by atoms with Crippen LogP contribution in [0.1, 0.15) is 19.5 Å². The molecule has 5 heteroatoms. The van der Waals surface area contributed by atoms with Crippen LogP contribution in [0.5, 0.6) is 0 Å². The van der Waals surface area contributed by atoms with Crippen molar-refractivity contribution in [3.63, 3.8) is 0 Å². The van der Waals surface area contributed by atoms with Gasteiger partial charge in [-0.3, -0.25) is 9.48 Å². The molecule has 1 N–H and O–H groups in total. The van der Waals surface area contributed by atoms with Crippen molar-refractivity contribution in [3.8, 4) is 0 Å². The summed E-state index contributed by atoms with van der Waals surface area (Å²) < 4.78 is 1.92. The van der Waals surface area contributed by atoms with Crippen LogP contribution in [-0.2, 0) is 17.9 Å². The van der Waals surface area contributed by atoms with Gasteiger partial charge >= 0.3 is 0 Å². The molecular weight excluding hydrogens is 204 g/mol. The predicted molar refractivity (Wildman–Crippen MR) is 62.9 cm³/mol. The Hall–Kier alpha value is -1.36. The Labute approximate surface area is 96.4 Å². The number of hydrogen-bond acceptors (Lipinski definition) is 3. The SMILES string of the molecule is CCn1nccc1CN[C@H](C)C(=O)N(C)C. The number of likely N-dealkylation sites (N-methyl/N-ethyl adjacent to an activating group) is 1. The minimum Gasteiger partial charge on any atom is -0.347 e. The molecule has 0 unspecified atom stereocenters. The van der Waals surface area contributed by atoms with Crippen molar-refractivity contribution in [2.75, 3.05) is 14.1 Å². The Morgan fingerprint density at radius 2 is 2.31 bits per heavy atom. The molecule has 0 saturated carbocycles. The van der Waals surface area contributed by atoms with Gasteiger partial charge < -0.3 is 10.2 Å². The summed E-state index contributed by atoms with van der Waals surface area (Å²) in [5, 5.41) is 7.36. The van der Waals surface area contributed by atoms with Gasteiger partial charge in [-0.15, -0.1) is 0 Å². The molecule has 1 heterocycles. The maximum absolute atomic E-state index is 11.6. The second-order valence-corrected chi connectivity index (χ2v) is 3.97. The van der Waals surface area contributed by atoms with Crippen LogP contribution in [0.15, 0.2) is 12.3 Å². The number of rotatable bonds is 5. The van der Waals surface area contributed by atoms with Gasteiger partial charge in [0.1, 0.15) is 0 Å². The summed E-state index contributed by atoms with van der Waals surface area (Å²) in [5.74, 6) is 0.0857. The zero-order valence-electron chi connectivity index (χ0n) is 10.4. The van der Waals surface area contributed by atoms with Crippen molar-refractivity contribution < 1.29 is 4.79 Å². The highest BCUT2D eigenvalue weighted by Crippen LogP contribution is 1.99. The topological polar surface area (TPSA) is 50.2 Å². The average Bonchev–Trinajstić information content (AvgIpc) is 2.71. The first-order chi connectivity index (χ1) is 7.56. The van der Waals surface area contributed by atoms with Crippen LogP contribution in [0.3, 0.4) is 0 Å². The van der Waals surface area contributed by atoms with Gasteiger partial charge in [0, 0.05) is 33.4 Å². The van der Waals surface area contributed by atoms with E-state index in [2.05, 4.69) is 10.4 Å². The third-order valence-electron chi connectivity index (χ3n) is 2.50. The standard InChI is InChI=1S/C11H20N4O/c1-5-15-10(6-7-13-15)8-12-9(2)11(16)14(3)4/h6-7,9,12H,5,8H2,1-4H3/t9-/m1/s1. The molecule has 0 radical (unpaired) electrons. The summed E-state index contributed by atoms with van der Waals surface area (Å²) in [6, 6.07) is 1.79. The highest BCUT2D eigenvalue weighted by atomic mass is 16.2. The molecule has 1 aromatic rings. The van der Waals surface area contributed by atoms with E-state index >= 15 is 0 Å². The number of aryl methyl sites for hydroxylation is 1. The molecule has 0 bridgehead atoms. The largest absolute Gasteiger partial charge is 0.347 e. The van der Waals surface area contributed by atoms with E-state index < -0.39 is 0 Å². The van der Waals surface area contributed by atoms with E-state index in [9.17, 15) is 4.79 Å². The zero-order chi connectivity index (χ0) is 12.1. The maximum Gasteiger partial charge on any atom is 0.238 e. The first kappa shape index (κ1) is 12.7. The molecule has 0 saturated heterocycles. The van der Waals surface area contributed by atoms with Gasteiger partial charge in [0.05, 0.1) is 11.7 Å². The smallest absolute Gasteiger partial charge is 0.238 e. The minimum atomic E-state index is -0.171. The van der Waals surface area contributed by atoms with Crippen LogP contribution in [0.25, 0.3) is 0 Å². The van der Waals surface area contributed by atoms with Crippen molar-refractivity contribution in [2.24, 2.45) is 0 Å². The van der Waals surface area contributed by atoms with Crippen LogP contribution in [0.4, 0.5) is 0 Å². The van der Waals surface area contributed by atoms with Gasteiger partial charge in [0.15, 0.2) is 0 Å². The second kappa shape index (κ2) is 5.65. The fourth-order valence-corrected chi connectivity index (χ4v) is 1.53. The van der Waals surface area contributed by atoms with E-state index in [1.54, 1.807) is 25.2 Å². The highest BCUT2D eigenvalue weighted by molar-refractivity contribution is 5.80. The fraction of sp³-hybridized carbons (Fsp3) is 0.636. The molecule has 0 aliphatic heterocycles. The van der Waals surface area contributed by atoms with E-state index in [0.717, 1.165) is 12.2 Å². The quantitative estimate of drug-likeness (QED) is 0.791. The molecule has 0 aliphatic rings. The number of nitrogens with one attached hydrogen (secondary N) is 1. The van der Waals surface area contributed by atoms with E-state index in [4.69, 9.17) is 0 Å². The summed E-state index contributed by atoms with van der Waals surface area (Å²) >= 11 is 0. The lowest BCUT2D eigenvalue weighted by atomic mass is 10.3. The van der Waals surface area contributed by atoms with Gasteiger partial charge in [-0.05, 0) is 19.9 Å². The van der Waals surface area contributed by atoms with Crippen LogP contribution in [-0.4, -0.2) is 40.7 Å². The van der Waals surface area contributed by atoms with E-state index in [1.165, 1.54) is 0 Å². The van der Waals surface area contributed by atoms with Gasteiger partial charge in [-0.25, -0.2) is 0 Å². The number of carbonyl (C=O) groups is 1. The van der Waals surface area contributed by atoms with Crippen molar-refractivity contribution in [2.45, 2.75) is 33.0 Å². The summed E-state index contributed by atoms with van der Waals surface area (Å²) in [4.78, 5) is 13.2. The van der Waals surface area contributed by atoms with Gasteiger partial charge in [-0.2, -0.15) is 5.10 Å². The molecule has 16 heavy (non-hydrogen) atoms. The van der Waals surface area contributed by atoms with Crippen LogP contribution < -0.4 is 5.32 Å². The summed E-state index contributed by atoms with van der Waals surface area (Å²) in [6.07, 6.45) is 1.78. The molecule has 1 aromatic heterocycles. The summed E-state index contributed by atoms with van der Waals surface area (Å²) in [7, 11) is 3.52. The summed E-state index contributed by atoms with van der Waals surface area (Å²) in [6.45, 7) is 5.43. The second-order valence-electron chi connectivity index (χ2n) is 3.97. The fourth-order valence-electron chi connectivity index (χ4n) is 1.53. The average molecular weight is 224 g/mol. The number of hydrogen-bond donors (Lipinski definition) is 1. The molecule has 1 rings (SSSR count). The maximum atomic E-state index is 11.6. The number of carbonyl (C=O) groups excluding carboxylic acids is 1. The molecule has 90 valence electrons. The van der Waals surface area contributed by atoms with Gasteiger partial charge in [0.2, 0.25) is 5.91 Å². The molecule has 1 atom stereocenters. The minimum absolute atomic E-state index is 0.0857. The third kappa shape index (κ3) is 3.06. The van der Waals surface area contributed by atoms with E-state index in [1.807, 2.05) is 24.6 Å². The Kier molecular flexibility index (Phi) is 4.49. The normalized spacial score (nSPS) is 12.5. The zero-order valence-corrected chi connectivity index (χ0v) is 10.4. The third-order valence-corrected chi connectivity index (χ3v) is 2.50. The van der Waals surface area contributed by atoms with E-state index in [0.29, 0.717) is 6.54 Å². The van der Waals surface area contributed by atoms with Crippen molar-refractivity contribution in [3.05, 3.63) is 18.0 Å². The van der Waals surface area contributed by atoms with Gasteiger partial charge in [-0.1, -0.05) is 0 Å². The van der Waals surface area contributed by atoms with Crippen molar-refractivity contribution in [1.82, 2.24) is 20.0 Å². The first-order valence-electron chi connectivity index (χ1n) is 5.51. The van der Waals surface area contributed by atoms with E-state index in [-0.39, 0.29) is 11.9 Å². The Bertz CT molecular complexity index is 346. The Balaban J connectivity index is 2.49. The van der Waals surface area contributed by atoms with Crippen LogP contribution in [0, 0.1) is 0 Å². The van der Waals surface area contributed by atoms with Crippen molar-refractivity contribution >= 4 is 5.91 Å². The Morgan fingerprint density at radius 1 is 1.62 bits per heavy atom. The number of nitrogens with zero attached hydrogens (tertiary/aromatic N) is 3. The molecular formula is C11H20N4O. The molecule has 5 nitrogen and oxygen atoms in total. The molecule has 1 amide bonds. The molecule has 0 aliphatic carbocycles. The lowest BCUT2D eigenvalue weighted by Crippen LogP contribution is -2.41. The first-order valence-corrected chi connectivity index (χ1v) is 5.51. The highest BCUT2D eigenvalue weighted by Gasteiger charge is 2.14. The summed E-state index contributed by atoms with van der Waals surface area (Å²) in [5.41, 5.74) is 1.10.